The number of phenols is 1. The second kappa shape index (κ2) is 9.43. The van der Waals surface area contributed by atoms with Crippen LogP contribution in [0.25, 0.3) is 16.8 Å². The summed E-state index contributed by atoms with van der Waals surface area (Å²) >= 11 is 1.33. The van der Waals surface area contributed by atoms with Gasteiger partial charge in [-0.1, -0.05) is 54.2 Å². The number of rotatable bonds is 8. The molecule has 30 heavy (non-hydrogen) atoms. The summed E-state index contributed by atoms with van der Waals surface area (Å²) in [6, 6.07) is 24.5. The topological polar surface area (TPSA) is 93.3 Å². The lowest BCUT2D eigenvalue weighted by atomic mass is 10.1. The number of hydrogen-bond donors (Lipinski definition) is 2. The van der Waals surface area contributed by atoms with E-state index in [1.807, 2.05) is 42.5 Å². The van der Waals surface area contributed by atoms with E-state index in [4.69, 9.17) is 4.74 Å². The molecule has 4 aromatic rings. The Kier molecular flexibility index (Phi) is 6.26. The first-order chi connectivity index (χ1) is 14.7. The van der Waals surface area contributed by atoms with Crippen molar-refractivity contribution < 1.29 is 14.9 Å². The zero-order valence-electron chi connectivity index (χ0n) is 16.0. The standard InChI is InChI=1S/C22H20N4O3S/c27-19-10-8-18(9-11-19)26-22(23-24-25-26)30-15-20(28)14-29-21-12-6-17(7-13-21)16-4-2-1-3-5-16/h1-13,20,27-28H,14-15H2. The normalized spacial score (nSPS) is 11.9. The molecule has 0 saturated carbocycles. The zero-order chi connectivity index (χ0) is 20.8. The van der Waals surface area contributed by atoms with Crippen molar-refractivity contribution in [2.24, 2.45) is 0 Å². The zero-order valence-corrected chi connectivity index (χ0v) is 16.8. The van der Waals surface area contributed by atoms with Crippen molar-refractivity contribution in [3.8, 4) is 28.3 Å². The van der Waals surface area contributed by atoms with Crippen LogP contribution in [-0.2, 0) is 0 Å². The van der Waals surface area contributed by atoms with Crippen LogP contribution >= 0.6 is 11.8 Å². The molecule has 3 aromatic carbocycles. The Morgan fingerprint density at radius 1 is 0.900 bits per heavy atom. The minimum absolute atomic E-state index is 0.165. The largest absolute Gasteiger partial charge is 0.508 e. The molecule has 1 unspecified atom stereocenters. The number of ether oxygens (including phenoxy) is 1. The van der Waals surface area contributed by atoms with Gasteiger partial charge in [0.25, 0.3) is 0 Å². The monoisotopic (exact) mass is 420 g/mol. The second-order valence-corrected chi connectivity index (χ2v) is 7.54. The van der Waals surface area contributed by atoms with E-state index < -0.39 is 6.10 Å². The number of tetrazole rings is 1. The third kappa shape index (κ3) is 4.97. The molecule has 1 aromatic heterocycles. The molecule has 0 spiro atoms. The van der Waals surface area contributed by atoms with Crippen LogP contribution < -0.4 is 4.74 Å². The predicted octanol–water partition coefficient (Wildman–Crippen LogP) is 3.57. The van der Waals surface area contributed by atoms with Crippen LogP contribution in [-0.4, -0.2) is 48.9 Å². The SMILES string of the molecule is Oc1ccc(-n2nnnc2SCC(O)COc2ccc(-c3ccccc3)cc2)cc1. The molecule has 2 N–H and O–H groups in total. The molecule has 152 valence electrons. The van der Waals surface area contributed by atoms with Crippen LogP contribution in [0.3, 0.4) is 0 Å². The summed E-state index contributed by atoms with van der Waals surface area (Å²) in [7, 11) is 0. The first-order valence-corrected chi connectivity index (χ1v) is 10.3. The molecule has 0 aliphatic carbocycles. The van der Waals surface area contributed by atoms with E-state index in [0.717, 1.165) is 16.8 Å². The fourth-order valence-electron chi connectivity index (χ4n) is 2.81. The highest BCUT2D eigenvalue weighted by Crippen LogP contribution is 2.23. The highest BCUT2D eigenvalue weighted by atomic mass is 32.2. The molecule has 0 radical (unpaired) electrons. The lowest BCUT2D eigenvalue weighted by Crippen LogP contribution is -2.20. The minimum Gasteiger partial charge on any atom is -0.508 e. The van der Waals surface area contributed by atoms with Gasteiger partial charge in [-0.2, -0.15) is 4.68 Å². The predicted molar refractivity (Wildman–Crippen MR) is 115 cm³/mol. The molecule has 7 nitrogen and oxygen atoms in total. The Labute approximate surface area is 178 Å². The average molecular weight is 420 g/mol. The molecule has 0 aliphatic rings. The Morgan fingerprint density at radius 3 is 2.33 bits per heavy atom. The van der Waals surface area contributed by atoms with Crippen LogP contribution in [0.15, 0.2) is 84.0 Å². The van der Waals surface area contributed by atoms with Gasteiger partial charge in [0.05, 0.1) is 11.8 Å². The van der Waals surface area contributed by atoms with Gasteiger partial charge in [0, 0.05) is 5.75 Å². The summed E-state index contributed by atoms with van der Waals surface area (Å²) in [5.41, 5.74) is 2.98. The highest BCUT2D eigenvalue weighted by molar-refractivity contribution is 7.99. The Bertz CT molecular complexity index is 1070. The van der Waals surface area contributed by atoms with Crippen molar-refractivity contribution in [3.63, 3.8) is 0 Å². The molecule has 0 bridgehead atoms. The maximum Gasteiger partial charge on any atom is 0.214 e. The van der Waals surface area contributed by atoms with Crippen LogP contribution in [0, 0.1) is 0 Å². The number of thioether (sulfide) groups is 1. The molecule has 0 amide bonds. The van der Waals surface area contributed by atoms with E-state index in [0.29, 0.717) is 16.7 Å². The van der Waals surface area contributed by atoms with Crippen molar-refractivity contribution >= 4 is 11.8 Å². The number of nitrogens with zero attached hydrogens (tertiary/aromatic N) is 4. The van der Waals surface area contributed by atoms with Gasteiger partial charge in [-0.25, -0.2) is 0 Å². The molecule has 1 atom stereocenters. The van der Waals surface area contributed by atoms with Gasteiger partial charge >= 0.3 is 0 Å². The molecule has 4 rings (SSSR count). The molecular weight excluding hydrogens is 400 g/mol. The van der Waals surface area contributed by atoms with E-state index in [1.165, 1.54) is 11.8 Å². The summed E-state index contributed by atoms with van der Waals surface area (Å²) < 4.78 is 7.26. The van der Waals surface area contributed by atoms with E-state index in [2.05, 4.69) is 27.7 Å². The van der Waals surface area contributed by atoms with Crippen molar-refractivity contribution in [1.29, 1.82) is 0 Å². The first kappa shape index (κ1) is 19.9. The van der Waals surface area contributed by atoms with Gasteiger partial charge in [-0.3, -0.25) is 0 Å². The number of aliphatic hydroxyl groups excluding tert-OH is 1. The molecular formula is C22H20N4O3S. The molecule has 1 heterocycles. The van der Waals surface area contributed by atoms with E-state index >= 15 is 0 Å². The van der Waals surface area contributed by atoms with E-state index in [9.17, 15) is 10.2 Å². The van der Waals surface area contributed by atoms with Crippen molar-refractivity contribution in [1.82, 2.24) is 20.2 Å². The number of benzene rings is 3. The van der Waals surface area contributed by atoms with Gasteiger partial charge in [0.2, 0.25) is 5.16 Å². The Balaban J connectivity index is 1.29. The number of aliphatic hydroxyl groups is 1. The van der Waals surface area contributed by atoms with Crippen LogP contribution in [0.4, 0.5) is 0 Å². The molecule has 0 saturated heterocycles. The lowest BCUT2D eigenvalue weighted by molar-refractivity contribution is 0.126. The average Bonchev–Trinajstić information content (AvgIpc) is 3.26. The maximum atomic E-state index is 10.3. The highest BCUT2D eigenvalue weighted by Gasteiger charge is 2.13. The smallest absolute Gasteiger partial charge is 0.214 e. The number of hydrogen-bond acceptors (Lipinski definition) is 7. The number of phenolic OH excluding ortho intramolecular Hbond substituents is 1. The van der Waals surface area contributed by atoms with Crippen molar-refractivity contribution in [2.75, 3.05) is 12.4 Å². The fourth-order valence-corrected chi connectivity index (χ4v) is 3.61. The number of aromatic nitrogens is 4. The van der Waals surface area contributed by atoms with Gasteiger partial charge in [0.15, 0.2) is 0 Å². The molecule has 8 heteroatoms. The van der Waals surface area contributed by atoms with Crippen LogP contribution in [0.2, 0.25) is 0 Å². The first-order valence-electron chi connectivity index (χ1n) is 9.36. The van der Waals surface area contributed by atoms with Gasteiger partial charge < -0.3 is 14.9 Å². The van der Waals surface area contributed by atoms with E-state index in [-0.39, 0.29) is 12.4 Å². The van der Waals surface area contributed by atoms with Crippen molar-refractivity contribution in [3.05, 3.63) is 78.9 Å². The lowest BCUT2D eigenvalue weighted by Gasteiger charge is -2.12. The van der Waals surface area contributed by atoms with Gasteiger partial charge in [-0.15, -0.1) is 5.10 Å². The second-order valence-electron chi connectivity index (χ2n) is 6.56. The Morgan fingerprint density at radius 2 is 1.60 bits per heavy atom. The summed E-state index contributed by atoms with van der Waals surface area (Å²) in [6.07, 6.45) is -0.686. The van der Waals surface area contributed by atoms with E-state index in [1.54, 1.807) is 28.9 Å². The van der Waals surface area contributed by atoms with Gasteiger partial charge in [0.1, 0.15) is 18.1 Å². The Hall–Kier alpha value is -3.36. The summed E-state index contributed by atoms with van der Waals surface area (Å²) in [5.74, 6) is 1.25. The van der Waals surface area contributed by atoms with Crippen LogP contribution in [0.5, 0.6) is 11.5 Å². The van der Waals surface area contributed by atoms with Gasteiger partial charge in [-0.05, 0) is 58.0 Å². The minimum atomic E-state index is -0.686. The van der Waals surface area contributed by atoms with Crippen molar-refractivity contribution in [2.45, 2.75) is 11.3 Å². The summed E-state index contributed by atoms with van der Waals surface area (Å²) in [5, 5.41) is 31.9. The summed E-state index contributed by atoms with van der Waals surface area (Å²) in [6.45, 7) is 0.165. The summed E-state index contributed by atoms with van der Waals surface area (Å²) in [4.78, 5) is 0. The quantitative estimate of drug-likeness (QED) is 0.421. The van der Waals surface area contributed by atoms with Crippen LogP contribution in [0.1, 0.15) is 0 Å². The maximum absolute atomic E-state index is 10.3. The third-order valence-corrected chi connectivity index (χ3v) is 5.41. The number of aromatic hydroxyl groups is 1. The third-order valence-electron chi connectivity index (χ3n) is 4.34. The molecule has 0 aliphatic heterocycles. The fraction of sp³-hybridized carbons (Fsp3) is 0.136. The molecule has 0 fully saturated rings.